The molecule has 0 saturated carbocycles. The smallest absolute Gasteiger partial charge is 0.337 e. The van der Waals surface area contributed by atoms with E-state index >= 15 is 0 Å². The maximum absolute atomic E-state index is 11.2. The van der Waals surface area contributed by atoms with Crippen LogP contribution < -0.4 is 4.74 Å². The molecule has 20 heavy (non-hydrogen) atoms. The SMILES string of the molecule is COC(=O)CCCCCOc1ccc(C(=O)OC)cc1. The first kappa shape index (κ1) is 16.0. The molecular formula is C15H20O5. The van der Waals surface area contributed by atoms with Crippen molar-refractivity contribution in [2.45, 2.75) is 25.7 Å². The van der Waals surface area contributed by atoms with Gasteiger partial charge in [-0.1, -0.05) is 0 Å². The minimum Gasteiger partial charge on any atom is -0.494 e. The van der Waals surface area contributed by atoms with E-state index in [0.717, 1.165) is 19.3 Å². The average molecular weight is 280 g/mol. The summed E-state index contributed by atoms with van der Waals surface area (Å²) in [6, 6.07) is 6.80. The number of hydrogen-bond acceptors (Lipinski definition) is 5. The predicted octanol–water partition coefficient (Wildman–Crippen LogP) is 2.59. The Labute approximate surface area is 118 Å². The lowest BCUT2D eigenvalue weighted by molar-refractivity contribution is -0.140. The summed E-state index contributed by atoms with van der Waals surface area (Å²) in [4.78, 5) is 22.1. The molecule has 0 fully saturated rings. The molecule has 5 heteroatoms. The lowest BCUT2D eigenvalue weighted by Gasteiger charge is -2.06. The minimum atomic E-state index is -0.362. The van der Waals surface area contributed by atoms with Crippen LogP contribution in [0.4, 0.5) is 0 Å². The first-order chi connectivity index (χ1) is 9.67. The maximum Gasteiger partial charge on any atom is 0.337 e. The van der Waals surface area contributed by atoms with E-state index in [2.05, 4.69) is 9.47 Å². The van der Waals surface area contributed by atoms with Gasteiger partial charge in [0.1, 0.15) is 5.75 Å². The van der Waals surface area contributed by atoms with Gasteiger partial charge >= 0.3 is 11.9 Å². The second kappa shape index (κ2) is 8.96. The fraction of sp³-hybridized carbons (Fsp3) is 0.467. The molecular weight excluding hydrogens is 260 g/mol. The summed E-state index contributed by atoms with van der Waals surface area (Å²) in [5, 5.41) is 0. The van der Waals surface area contributed by atoms with Gasteiger partial charge in [-0.15, -0.1) is 0 Å². The van der Waals surface area contributed by atoms with Gasteiger partial charge in [-0.25, -0.2) is 4.79 Å². The second-order valence-electron chi connectivity index (χ2n) is 4.25. The Morgan fingerprint density at radius 3 is 2.25 bits per heavy atom. The van der Waals surface area contributed by atoms with Gasteiger partial charge < -0.3 is 14.2 Å². The fourth-order valence-electron chi connectivity index (χ4n) is 1.65. The summed E-state index contributed by atoms with van der Waals surface area (Å²) in [6.45, 7) is 0.582. The number of carbonyl (C=O) groups excluding carboxylic acids is 2. The molecule has 0 saturated heterocycles. The molecule has 0 atom stereocenters. The van der Waals surface area contributed by atoms with Gasteiger partial charge in [0.25, 0.3) is 0 Å². The zero-order chi connectivity index (χ0) is 14.8. The number of hydrogen-bond donors (Lipinski definition) is 0. The molecule has 1 aromatic carbocycles. The van der Waals surface area contributed by atoms with Crippen molar-refractivity contribution < 1.29 is 23.8 Å². The molecule has 0 aliphatic rings. The number of rotatable bonds is 8. The molecule has 0 N–H and O–H groups in total. The minimum absolute atomic E-state index is 0.177. The maximum atomic E-state index is 11.2. The fourth-order valence-corrected chi connectivity index (χ4v) is 1.65. The average Bonchev–Trinajstić information content (AvgIpc) is 2.50. The topological polar surface area (TPSA) is 61.8 Å². The van der Waals surface area contributed by atoms with E-state index < -0.39 is 0 Å². The van der Waals surface area contributed by atoms with E-state index in [1.54, 1.807) is 24.3 Å². The molecule has 1 rings (SSSR count). The van der Waals surface area contributed by atoms with Crippen LogP contribution in [0.5, 0.6) is 5.75 Å². The van der Waals surface area contributed by atoms with Gasteiger partial charge in [-0.3, -0.25) is 4.79 Å². The van der Waals surface area contributed by atoms with Crippen molar-refractivity contribution in [2.24, 2.45) is 0 Å². The largest absolute Gasteiger partial charge is 0.494 e. The Kier molecular flexibility index (Phi) is 7.17. The number of benzene rings is 1. The van der Waals surface area contributed by atoms with E-state index in [9.17, 15) is 9.59 Å². The molecule has 0 aliphatic carbocycles. The molecule has 0 unspecified atom stereocenters. The third-order valence-corrected chi connectivity index (χ3v) is 2.80. The van der Waals surface area contributed by atoms with E-state index in [4.69, 9.17) is 4.74 Å². The number of esters is 2. The third-order valence-electron chi connectivity index (χ3n) is 2.80. The molecule has 0 amide bonds. The molecule has 5 nitrogen and oxygen atoms in total. The van der Waals surface area contributed by atoms with Crippen molar-refractivity contribution in [3.05, 3.63) is 29.8 Å². The van der Waals surface area contributed by atoms with Crippen LogP contribution in [0, 0.1) is 0 Å². The van der Waals surface area contributed by atoms with Crippen molar-refractivity contribution in [3.63, 3.8) is 0 Å². The van der Waals surface area contributed by atoms with Gasteiger partial charge in [0.2, 0.25) is 0 Å². The molecule has 0 spiro atoms. The van der Waals surface area contributed by atoms with E-state index in [-0.39, 0.29) is 11.9 Å². The highest BCUT2D eigenvalue weighted by molar-refractivity contribution is 5.89. The number of ether oxygens (including phenoxy) is 3. The van der Waals surface area contributed by atoms with Crippen LogP contribution in [-0.2, 0) is 14.3 Å². The van der Waals surface area contributed by atoms with Crippen molar-refractivity contribution in [1.29, 1.82) is 0 Å². The Morgan fingerprint density at radius 1 is 0.950 bits per heavy atom. The normalized spacial score (nSPS) is 9.90. The summed E-state index contributed by atoms with van der Waals surface area (Å²) < 4.78 is 14.7. The molecule has 1 aromatic rings. The van der Waals surface area contributed by atoms with Gasteiger partial charge in [0.05, 0.1) is 26.4 Å². The number of unbranched alkanes of at least 4 members (excludes halogenated alkanes) is 2. The quantitative estimate of drug-likeness (QED) is 0.541. The first-order valence-corrected chi connectivity index (χ1v) is 6.55. The van der Waals surface area contributed by atoms with E-state index in [0.29, 0.717) is 24.3 Å². The Hall–Kier alpha value is -2.04. The molecule has 0 aliphatic heterocycles. The van der Waals surface area contributed by atoms with E-state index in [1.807, 2.05) is 0 Å². The van der Waals surface area contributed by atoms with Gasteiger partial charge in [0, 0.05) is 6.42 Å². The highest BCUT2D eigenvalue weighted by Crippen LogP contribution is 2.13. The van der Waals surface area contributed by atoms with Crippen molar-refractivity contribution in [3.8, 4) is 5.75 Å². The summed E-state index contributed by atoms with van der Waals surface area (Å²) in [7, 11) is 2.74. The number of methoxy groups -OCH3 is 2. The first-order valence-electron chi connectivity index (χ1n) is 6.55. The zero-order valence-electron chi connectivity index (χ0n) is 11.9. The summed E-state index contributed by atoms with van der Waals surface area (Å²) in [5.41, 5.74) is 0.498. The van der Waals surface area contributed by atoms with Crippen molar-refractivity contribution >= 4 is 11.9 Å². The van der Waals surface area contributed by atoms with Gasteiger partial charge in [0.15, 0.2) is 0 Å². The van der Waals surface area contributed by atoms with Gasteiger partial charge in [-0.2, -0.15) is 0 Å². The highest BCUT2D eigenvalue weighted by Gasteiger charge is 2.04. The van der Waals surface area contributed by atoms with Crippen LogP contribution in [0.25, 0.3) is 0 Å². The van der Waals surface area contributed by atoms with Crippen LogP contribution in [0.15, 0.2) is 24.3 Å². The Bertz CT molecular complexity index is 424. The third kappa shape index (κ3) is 5.73. The van der Waals surface area contributed by atoms with Crippen molar-refractivity contribution in [2.75, 3.05) is 20.8 Å². The van der Waals surface area contributed by atoms with Crippen LogP contribution >= 0.6 is 0 Å². The zero-order valence-corrected chi connectivity index (χ0v) is 11.9. The van der Waals surface area contributed by atoms with Crippen LogP contribution in [0.2, 0.25) is 0 Å². The van der Waals surface area contributed by atoms with Crippen LogP contribution in [-0.4, -0.2) is 32.8 Å². The Balaban J connectivity index is 2.19. The monoisotopic (exact) mass is 280 g/mol. The number of carbonyl (C=O) groups is 2. The highest BCUT2D eigenvalue weighted by atomic mass is 16.5. The standard InChI is InChI=1S/C15H20O5/c1-18-14(16)6-4-3-5-11-20-13-9-7-12(8-10-13)15(17)19-2/h7-10H,3-6,11H2,1-2H3. The molecule has 0 aromatic heterocycles. The summed E-state index contributed by atoms with van der Waals surface area (Å²) in [6.07, 6.45) is 3.03. The molecule has 0 radical (unpaired) electrons. The van der Waals surface area contributed by atoms with Crippen LogP contribution in [0.3, 0.4) is 0 Å². The predicted molar refractivity (Wildman–Crippen MR) is 73.8 cm³/mol. The lowest BCUT2D eigenvalue weighted by atomic mass is 10.2. The molecule has 110 valence electrons. The molecule has 0 bridgehead atoms. The lowest BCUT2D eigenvalue weighted by Crippen LogP contribution is -2.02. The molecule has 0 heterocycles. The Morgan fingerprint density at radius 2 is 1.65 bits per heavy atom. The van der Waals surface area contributed by atoms with Crippen molar-refractivity contribution in [1.82, 2.24) is 0 Å². The van der Waals surface area contributed by atoms with Crippen LogP contribution in [0.1, 0.15) is 36.0 Å². The van der Waals surface area contributed by atoms with E-state index in [1.165, 1.54) is 14.2 Å². The second-order valence-corrected chi connectivity index (χ2v) is 4.25. The summed E-state index contributed by atoms with van der Waals surface area (Å²) in [5.74, 6) is 0.175. The van der Waals surface area contributed by atoms with Gasteiger partial charge in [-0.05, 0) is 43.5 Å². The summed E-state index contributed by atoms with van der Waals surface area (Å²) >= 11 is 0.